The van der Waals surface area contributed by atoms with Crippen LogP contribution in [0, 0.1) is 0 Å². The maximum atomic E-state index is 4.80. The molecule has 3 rings (SSSR count). The number of nitrogens with zero attached hydrogens (tertiary/aromatic N) is 6. The van der Waals surface area contributed by atoms with Crippen molar-refractivity contribution >= 4 is 22.8 Å². The lowest BCUT2D eigenvalue weighted by atomic mass is 10.2. The average molecular weight is 633 g/mol. The van der Waals surface area contributed by atoms with Crippen molar-refractivity contribution < 1.29 is 0 Å². The predicted octanol–water partition coefficient (Wildman–Crippen LogP) is 0.964. The van der Waals surface area contributed by atoms with Crippen molar-refractivity contribution in [1.29, 1.82) is 0 Å². The third kappa shape index (κ3) is 15.4. The van der Waals surface area contributed by atoms with Crippen LogP contribution < -0.4 is 31.9 Å². The van der Waals surface area contributed by atoms with Gasteiger partial charge in [0.2, 0.25) is 0 Å². The Kier molecular flexibility index (Phi) is 18.7. The van der Waals surface area contributed by atoms with E-state index in [0.717, 1.165) is 150 Å². The second-order valence-corrected chi connectivity index (χ2v) is 11.2. The molecule has 6 N–H and O–H groups in total. The summed E-state index contributed by atoms with van der Waals surface area (Å²) in [6.07, 6.45) is 0. The molecular weight excluding hydrogens is 576 g/mol. The van der Waals surface area contributed by atoms with E-state index >= 15 is 0 Å². The minimum Gasteiger partial charge on any atom is -0.314 e. The van der Waals surface area contributed by atoms with Gasteiger partial charge in [-0.1, -0.05) is 12.1 Å². The van der Waals surface area contributed by atoms with Gasteiger partial charge in [0.05, 0.1) is 71.8 Å². The molecule has 12 heteroatoms. The Morgan fingerprint density at radius 3 is 0.804 bits per heavy atom. The van der Waals surface area contributed by atoms with Crippen LogP contribution in [-0.2, 0) is 0 Å². The Morgan fingerprint density at radius 2 is 0.565 bits per heavy atom. The van der Waals surface area contributed by atoms with Gasteiger partial charge in [0.1, 0.15) is 0 Å². The fraction of sp³-hybridized carbons (Fsp3) is 0.588. The average Bonchev–Trinajstić information content (AvgIpc) is 3.08. The normalized spacial score (nSPS) is 19.2. The third-order valence-corrected chi connectivity index (χ3v) is 7.45. The van der Waals surface area contributed by atoms with Crippen molar-refractivity contribution in [1.82, 2.24) is 41.9 Å². The molecule has 2 aromatic heterocycles. The molecular formula is C34H56N12. The van der Waals surface area contributed by atoms with Gasteiger partial charge in [-0.2, -0.15) is 0 Å². The zero-order chi connectivity index (χ0) is 32.7. The Morgan fingerprint density at radius 1 is 0.348 bits per heavy atom. The van der Waals surface area contributed by atoms with Crippen molar-refractivity contribution in [3.05, 3.63) is 59.2 Å². The SMILES string of the molecule is CC1=NCCNCCNCCNCCN=C(C)c2cccc(n2)C(C)=NCCNCCNCCNCCN=C(C)c2cccc1n2. The van der Waals surface area contributed by atoms with Gasteiger partial charge in [0.15, 0.2) is 0 Å². The molecule has 0 atom stereocenters. The summed E-state index contributed by atoms with van der Waals surface area (Å²) in [5.74, 6) is 0. The van der Waals surface area contributed by atoms with Gasteiger partial charge in [-0.25, -0.2) is 9.97 Å². The highest BCUT2D eigenvalue weighted by Crippen LogP contribution is 2.05. The molecule has 0 aromatic carbocycles. The van der Waals surface area contributed by atoms with Crippen LogP contribution in [0.15, 0.2) is 56.4 Å². The molecule has 1 aliphatic heterocycles. The van der Waals surface area contributed by atoms with Crippen LogP contribution in [0.3, 0.4) is 0 Å². The summed E-state index contributed by atoms with van der Waals surface area (Å²) in [7, 11) is 0. The van der Waals surface area contributed by atoms with Gasteiger partial charge in [-0.15, -0.1) is 0 Å². The summed E-state index contributed by atoms with van der Waals surface area (Å²) in [4.78, 5) is 28.5. The molecule has 3 heterocycles. The maximum absolute atomic E-state index is 4.80. The van der Waals surface area contributed by atoms with E-state index in [2.05, 4.69) is 31.9 Å². The van der Waals surface area contributed by atoms with E-state index < -0.39 is 0 Å². The minimum atomic E-state index is 0.719. The highest BCUT2D eigenvalue weighted by molar-refractivity contribution is 6.01. The standard InChI is InChI=1S/C34H56N12/c1-27-31-7-5-8-32(45-31)28(2)42-24-20-38-17-13-36-14-18-40-22-26-44-30(4)34-10-6-9-33(46-34)29(3)43-25-21-39-16-12-35-11-15-37-19-23-41-27/h5-10,35-40H,11-26H2,1-4H3. The largest absolute Gasteiger partial charge is 0.314 e. The first-order valence-corrected chi connectivity index (χ1v) is 16.8. The second kappa shape index (κ2) is 23.1. The first-order valence-electron chi connectivity index (χ1n) is 16.8. The lowest BCUT2D eigenvalue weighted by Gasteiger charge is -2.08. The number of pyridine rings is 2. The Bertz CT molecular complexity index is 1090. The predicted molar refractivity (Wildman–Crippen MR) is 194 cm³/mol. The first-order chi connectivity index (χ1) is 22.5. The van der Waals surface area contributed by atoms with Crippen molar-refractivity contribution in [2.24, 2.45) is 20.0 Å². The van der Waals surface area contributed by atoms with Crippen LogP contribution in [0.5, 0.6) is 0 Å². The van der Waals surface area contributed by atoms with Crippen molar-refractivity contribution in [2.75, 3.05) is 105 Å². The number of nitrogens with one attached hydrogen (secondary N) is 6. The molecule has 0 spiro atoms. The van der Waals surface area contributed by atoms with Gasteiger partial charge < -0.3 is 31.9 Å². The summed E-state index contributed by atoms with van der Waals surface area (Å²) >= 11 is 0. The van der Waals surface area contributed by atoms with E-state index in [4.69, 9.17) is 29.9 Å². The molecule has 0 saturated heterocycles. The van der Waals surface area contributed by atoms with E-state index in [1.165, 1.54) is 0 Å². The molecule has 0 amide bonds. The Balaban J connectivity index is 1.48. The van der Waals surface area contributed by atoms with Gasteiger partial charge in [0, 0.05) is 78.5 Å². The van der Waals surface area contributed by atoms with E-state index in [0.29, 0.717) is 0 Å². The molecule has 0 saturated carbocycles. The van der Waals surface area contributed by atoms with Crippen molar-refractivity contribution in [3.63, 3.8) is 0 Å². The van der Waals surface area contributed by atoms with Crippen LogP contribution in [0.2, 0.25) is 0 Å². The summed E-state index contributed by atoms with van der Waals surface area (Å²) in [5, 5.41) is 20.8. The van der Waals surface area contributed by atoms with Crippen LogP contribution in [0.25, 0.3) is 0 Å². The van der Waals surface area contributed by atoms with Crippen LogP contribution in [0.4, 0.5) is 0 Å². The number of rotatable bonds is 0. The second-order valence-electron chi connectivity index (χ2n) is 11.2. The summed E-state index contributed by atoms with van der Waals surface area (Å²) in [5.41, 5.74) is 7.38. The fourth-order valence-corrected chi connectivity index (χ4v) is 4.67. The van der Waals surface area contributed by atoms with Crippen LogP contribution in [-0.4, -0.2) is 138 Å². The maximum Gasteiger partial charge on any atom is 0.0845 e. The van der Waals surface area contributed by atoms with Crippen LogP contribution in [0.1, 0.15) is 50.5 Å². The van der Waals surface area contributed by atoms with Crippen molar-refractivity contribution in [3.8, 4) is 0 Å². The smallest absolute Gasteiger partial charge is 0.0845 e. The quantitative estimate of drug-likeness (QED) is 0.252. The van der Waals surface area contributed by atoms with Gasteiger partial charge in [0.25, 0.3) is 0 Å². The van der Waals surface area contributed by atoms with Gasteiger partial charge >= 0.3 is 0 Å². The zero-order valence-corrected chi connectivity index (χ0v) is 28.5. The zero-order valence-electron chi connectivity index (χ0n) is 28.5. The van der Waals surface area contributed by atoms with Crippen molar-refractivity contribution in [2.45, 2.75) is 27.7 Å². The Labute approximate surface area is 276 Å². The highest BCUT2D eigenvalue weighted by atomic mass is 15.0. The monoisotopic (exact) mass is 632 g/mol. The molecule has 252 valence electrons. The number of hydrogen-bond donors (Lipinski definition) is 6. The van der Waals surface area contributed by atoms with E-state index in [9.17, 15) is 0 Å². The summed E-state index contributed by atoms with van der Waals surface area (Å²) in [6, 6.07) is 12.1. The summed E-state index contributed by atoms with van der Waals surface area (Å²) in [6.45, 7) is 21.6. The number of hydrogen-bond acceptors (Lipinski definition) is 12. The number of aromatic nitrogens is 2. The van der Waals surface area contributed by atoms with Crippen LogP contribution >= 0.6 is 0 Å². The summed E-state index contributed by atoms with van der Waals surface area (Å²) < 4.78 is 0. The van der Waals surface area contributed by atoms with E-state index in [1.54, 1.807) is 0 Å². The molecule has 0 aliphatic carbocycles. The van der Waals surface area contributed by atoms with E-state index in [1.807, 2.05) is 64.1 Å². The molecule has 0 unspecified atom stereocenters. The minimum absolute atomic E-state index is 0.719. The molecule has 12 nitrogen and oxygen atoms in total. The lowest BCUT2D eigenvalue weighted by molar-refractivity contribution is 0.586. The molecule has 0 fully saturated rings. The number of aliphatic imine (C=N–C) groups is 4. The molecule has 4 bridgehead atoms. The van der Waals surface area contributed by atoms with Gasteiger partial charge in [-0.05, 0) is 52.0 Å². The fourth-order valence-electron chi connectivity index (χ4n) is 4.67. The topological polar surface area (TPSA) is 147 Å². The third-order valence-electron chi connectivity index (χ3n) is 7.45. The molecule has 0 radical (unpaired) electrons. The molecule has 1 aliphatic rings. The number of fused-ring (bicyclic) bond motifs is 4. The Hall–Kier alpha value is -3.26. The molecule has 46 heavy (non-hydrogen) atoms. The lowest BCUT2D eigenvalue weighted by Crippen LogP contribution is -2.34. The van der Waals surface area contributed by atoms with Gasteiger partial charge in [-0.3, -0.25) is 20.0 Å². The first kappa shape index (κ1) is 37.2. The van der Waals surface area contributed by atoms with E-state index in [-0.39, 0.29) is 0 Å². The highest BCUT2D eigenvalue weighted by Gasteiger charge is 2.05. The molecule has 2 aromatic rings.